The van der Waals surface area contributed by atoms with E-state index in [1.165, 1.54) is 6.08 Å². The minimum Gasteiger partial charge on any atom is -0.493 e. The number of hydrogen-bond donors (Lipinski definition) is 0. The van der Waals surface area contributed by atoms with Crippen molar-refractivity contribution in [2.24, 2.45) is 0 Å². The van der Waals surface area contributed by atoms with E-state index in [1.54, 1.807) is 37.5 Å². The number of nitriles is 1. The molecule has 0 aliphatic carbocycles. The van der Waals surface area contributed by atoms with Crippen LogP contribution in [0.4, 0.5) is 0 Å². The molecule has 0 spiro atoms. The summed E-state index contributed by atoms with van der Waals surface area (Å²) >= 11 is 0. The second kappa shape index (κ2) is 8.54. The lowest BCUT2D eigenvalue weighted by atomic mass is 10.1. The molecule has 122 valence electrons. The number of hydrogen-bond acceptors (Lipinski definition) is 4. The molecule has 0 aliphatic rings. The second-order valence-corrected chi connectivity index (χ2v) is 5.15. The lowest BCUT2D eigenvalue weighted by Gasteiger charge is -2.10. The van der Waals surface area contributed by atoms with Crippen LogP contribution in [-0.4, -0.2) is 19.5 Å². The number of carbonyl (C=O) groups is 1. The zero-order valence-electron chi connectivity index (χ0n) is 13.8. The van der Waals surface area contributed by atoms with Crippen LogP contribution in [0.3, 0.4) is 0 Å². The second-order valence-electron chi connectivity index (χ2n) is 5.15. The van der Waals surface area contributed by atoms with Gasteiger partial charge in [0, 0.05) is 5.56 Å². The number of allylic oxidation sites excluding steroid dienone is 1. The number of rotatable bonds is 7. The Balaban J connectivity index is 2.18. The first-order chi connectivity index (χ1) is 11.7. The molecule has 0 atom stereocenters. The highest BCUT2D eigenvalue weighted by Gasteiger charge is 2.06. The van der Waals surface area contributed by atoms with Crippen LogP contribution in [0.25, 0.3) is 6.08 Å². The number of methoxy groups -OCH3 is 1. The largest absolute Gasteiger partial charge is 0.493 e. The van der Waals surface area contributed by atoms with Gasteiger partial charge < -0.3 is 9.47 Å². The third kappa shape index (κ3) is 4.47. The van der Waals surface area contributed by atoms with Crippen molar-refractivity contribution in [1.29, 1.82) is 5.26 Å². The van der Waals surface area contributed by atoms with Gasteiger partial charge in [-0.2, -0.15) is 5.26 Å². The fourth-order valence-corrected chi connectivity index (χ4v) is 2.13. The summed E-state index contributed by atoms with van der Waals surface area (Å²) in [6.07, 6.45) is 4.11. The number of benzene rings is 2. The summed E-state index contributed by atoms with van der Waals surface area (Å²) < 4.78 is 10.9. The molecule has 0 radical (unpaired) electrons. The van der Waals surface area contributed by atoms with Crippen molar-refractivity contribution < 1.29 is 14.3 Å². The summed E-state index contributed by atoms with van der Waals surface area (Å²) in [5, 5.41) is 8.90. The molecule has 2 rings (SSSR count). The van der Waals surface area contributed by atoms with Crippen LogP contribution in [0.5, 0.6) is 11.5 Å². The van der Waals surface area contributed by atoms with Gasteiger partial charge in [0.1, 0.15) is 0 Å². The Morgan fingerprint density at radius 2 is 2.04 bits per heavy atom. The van der Waals surface area contributed by atoms with Crippen LogP contribution < -0.4 is 9.47 Å². The van der Waals surface area contributed by atoms with Crippen molar-refractivity contribution >= 4 is 11.9 Å². The average Bonchev–Trinajstić information content (AvgIpc) is 2.64. The van der Waals surface area contributed by atoms with Gasteiger partial charge in [-0.15, -0.1) is 0 Å². The van der Waals surface area contributed by atoms with Gasteiger partial charge >= 0.3 is 0 Å². The van der Waals surface area contributed by atoms with Crippen LogP contribution in [0, 0.1) is 11.3 Å². The van der Waals surface area contributed by atoms with Crippen molar-refractivity contribution in [3.63, 3.8) is 0 Å². The zero-order chi connectivity index (χ0) is 17.4. The summed E-state index contributed by atoms with van der Waals surface area (Å²) in [5.41, 5.74) is 1.79. The summed E-state index contributed by atoms with van der Waals surface area (Å²) in [6.45, 7) is 2.63. The maximum atomic E-state index is 12.2. The molecule has 0 N–H and O–H groups in total. The topological polar surface area (TPSA) is 59.3 Å². The van der Waals surface area contributed by atoms with E-state index in [4.69, 9.17) is 14.7 Å². The molecule has 0 amide bonds. The Morgan fingerprint density at radius 3 is 2.75 bits per heavy atom. The Kier molecular flexibility index (Phi) is 6.16. The summed E-state index contributed by atoms with van der Waals surface area (Å²) in [6, 6.07) is 14.2. The Labute approximate surface area is 141 Å². The van der Waals surface area contributed by atoms with Gasteiger partial charge in [-0.3, -0.25) is 4.79 Å². The predicted octanol–water partition coefficient (Wildman–Crippen LogP) is 4.25. The van der Waals surface area contributed by atoms with Crippen molar-refractivity contribution in [2.45, 2.75) is 13.3 Å². The van der Waals surface area contributed by atoms with Gasteiger partial charge in [0.25, 0.3) is 0 Å². The van der Waals surface area contributed by atoms with Crippen molar-refractivity contribution in [2.75, 3.05) is 13.7 Å². The van der Waals surface area contributed by atoms with Crippen LogP contribution in [-0.2, 0) is 0 Å². The van der Waals surface area contributed by atoms with E-state index in [2.05, 4.69) is 0 Å². The molecular formula is C20H19NO3. The van der Waals surface area contributed by atoms with Crippen molar-refractivity contribution in [3.05, 3.63) is 65.2 Å². The van der Waals surface area contributed by atoms with Gasteiger partial charge in [0.05, 0.1) is 25.3 Å². The lowest BCUT2D eigenvalue weighted by molar-refractivity contribution is 0.104. The van der Waals surface area contributed by atoms with E-state index in [1.807, 2.05) is 31.2 Å². The average molecular weight is 321 g/mol. The molecule has 0 aromatic heterocycles. The SMILES string of the molecule is CCCOc1cc(/C=C/C(=O)c2cccc(C#N)c2)ccc1OC. The highest BCUT2D eigenvalue weighted by atomic mass is 16.5. The molecular weight excluding hydrogens is 302 g/mol. The molecule has 2 aromatic carbocycles. The van der Waals surface area contributed by atoms with Gasteiger partial charge in [-0.1, -0.05) is 31.2 Å². The van der Waals surface area contributed by atoms with Crippen LogP contribution in [0.15, 0.2) is 48.5 Å². The molecule has 0 unspecified atom stereocenters. The smallest absolute Gasteiger partial charge is 0.185 e. The normalized spacial score (nSPS) is 10.4. The maximum absolute atomic E-state index is 12.2. The van der Waals surface area contributed by atoms with E-state index < -0.39 is 0 Å². The molecule has 2 aromatic rings. The van der Waals surface area contributed by atoms with Gasteiger partial charge in [0.2, 0.25) is 0 Å². The molecule has 24 heavy (non-hydrogen) atoms. The minimum absolute atomic E-state index is 0.154. The Bertz CT molecular complexity index is 788. The molecule has 0 saturated carbocycles. The van der Waals surface area contributed by atoms with Crippen molar-refractivity contribution in [3.8, 4) is 17.6 Å². The lowest BCUT2D eigenvalue weighted by Crippen LogP contribution is -1.98. The first-order valence-corrected chi connectivity index (χ1v) is 7.71. The fraction of sp³-hybridized carbons (Fsp3) is 0.200. The minimum atomic E-state index is -0.154. The van der Waals surface area contributed by atoms with E-state index in [0.717, 1.165) is 12.0 Å². The van der Waals surface area contributed by atoms with E-state index >= 15 is 0 Å². The first-order valence-electron chi connectivity index (χ1n) is 7.71. The third-order valence-corrected chi connectivity index (χ3v) is 3.35. The predicted molar refractivity (Wildman–Crippen MR) is 93.3 cm³/mol. The van der Waals surface area contributed by atoms with Gasteiger partial charge in [0.15, 0.2) is 17.3 Å². The van der Waals surface area contributed by atoms with E-state index in [0.29, 0.717) is 29.2 Å². The molecule has 4 nitrogen and oxygen atoms in total. The highest BCUT2D eigenvalue weighted by Crippen LogP contribution is 2.28. The Morgan fingerprint density at radius 1 is 1.21 bits per heavy atom. The third-order valence-electron chi connectivity index (χ3n) is 3.35. The summed E-state index contributed by atoms with van der Waals surface area (Å²) in [5.74, 6) is 1.16. The van der Waals surface area contributed by atoms with Crippen LogP contribution >= 0.6 is 0 Å². The fourth-order valence-electron chi connectivity index (χ4n) is 2.13. The Hall–Kier alpha value is -3.06. The van der Waals surface area contributed by atoms with Gasteiger partial charge in [-0.25, -0.2) is 0 Å². The molecule has 0 heterocycles. The van der Waals surface area contributed by atoms with E-state index in [-0.39, 0.29) is 5.78 Å². The number of carbonyl (C=O) groups excluding carboxylic acids is 1. The molecule has 0 aliphatic heterocycles. The molecule has 4 heteroatoms. The summed E-state index contributed by atoms with van der Waals surface area (Å²) in [7, 11) is 1.59. The quantitative estimate of drug-likeness (QED) is 0.565. The van der Waals surface area contributed by atoms with Crippen LogP contribution in [0.1, 0.15) is 34.8 Å². The molecule has 0 bridgehead atoms. The van der Waals surface area contributed by atoms with Gasteiger partial charge in [-0.05, 0) is 42.3 Å². The van der Waals surface area contributed by atoms with Crippen LogP contribution in [0.2, 0.25) is 0 Å². The van der Waals surface area contributed by atoms with E-state index in [9.17, 15) is 4.79 Å². The maximum Gasteiger partial charge on any atom is 0.185 e. The standard InChI is InChI=1S/C20H19NO3/c1-3-11-24-20-13-15(8-10-19(20)23-2)7-9-18(22)17-6-4-5-16(12-17)14-21/h4-10,12-13H,3,11H2,1-2H3/b9-7+. The number of nitrogens with zero attached hydrogens (tertiary/aromatic N) is 1. The highest BCUT2D eigenvalue weighted by molar-refractivity contribution is 6.07. The molecule has 0 saturated heterocycles. The van der Waals surface area contributed by atoms with Crippen molar-refractivity contribution in [1.82, 2.24) is 0 Å². The monoisotopic (exact) mass is 321 g/mol. The first kappa shape index (κ1) is 17.3. The zero-order valence-corrected chi connectivity index (χ0v) is 13.8. The summed E-state index contributed by atoms with van der Waals surface area (Å²) in [4.78, 5) is 12.2. The molecule has 0 fully saturated rings. The number of ketones is 1. The number of ether oxygens (including phenoxy) is 2.